The third-order valence-electron chi connectivity index (χ3n) is 9.90. The number of carbonyl (C=O) groups is 7. The second-order valence-electron chi connectivity index (χ2n) is 14.4. The Morgan fingerprint density at radius 2 is 1.04 bits per heavy atom. The Bertz CT molecular complexity index is 1180. The van der Waals surface area contributed by atoms with Gasteiger partial charge in [-0.05, 0) is 72.6 Å². The lowest BCUT2D eigenvalue weighted by atomic mass is 9.54. The number of ether oxygens (including phenoxy) is 2. The van der Waals surface area contributed by atoms with E-state index < -0.39 is 82.3 Å². The van der Waals surface area contributed by atoms with E-state index in [1.54, 1.807) is 20.8 Å². The van der Waals surface area contributed by atoms with Gasteiger partial charge in [-0.1, -0.05) is 13.8 Å². The van der Waals surface area contributed by atoms with Crippen LogP contribution in [-0.4, -0.2) is 110 Å². The van der Waals surface area contributed by atoms with Gasteiger partial charge in [0.15, 0.2) is 0 Å². The summed E-state index contributed by atoms with van der Waals surface area (Å²) in [6.07, 6.45) is 1.68. The monoisotopic (exact) mass is 717 g/mol. The number of nitrogens with one attached hydrogen (secondary N) is 1. The van der Waals surface area contributed by atoms with Crippen molar-refractivity contribution in [1.82, 2.24) is 5.32 Å². The number of rotatable bonds is 19. The molecule has 0 aromatic carbocycles. The molecule has 16 nitrogen and oxygen atoms in total. The van der Waals surface area contributed by atoms with Crippen molar-refractivity contribution < 1.29 is 73.7 Å². The van der Waals surface area contributed by atoms with Gasteiger partial charge in [-0.15, -0.1) is 0 Å². The number of carboxylic acids is 4. The lowest BCUT2D eigenvalue weighted by Gasteiger charge is -2.44. The van der Waals surface area contributed by atoms with Crippen LogP contribution < -0.4 is 5.32 Å². The van der Waals surface area contributed by atoms with Gasteiger partial charge in [0.25, 0.3) is 0 Å². The summed E-state index contributed by atoms with van der Waals surface area (Å²) in [6.45, 7) is 10.7. The Morgan fingerprint density at radius 1 is 0.640 bits per heavy atom. The van der Waals surface area contributed by atoms with Crippen LogP contribution in [0.2, 0.25) is 0 Å². The van der Waals surface area contributed by atoms with Crippen molar-refractivity contribution in [1.29, 1.82) is 0 Å². The van der Waals surface area contributed by atoms with Crippen LogP contribution in [0, 0.1) is 40.4 Å². The number of carbonyl (C=O) groups excluding carboxylic acids is 3. The van der Waals surface area contributed by atoms with Crippen molar-refractivity contribution in [2.75, 3.05) is 19.8 Å². The van der Waals surface area contributed by atoms with Crippen LogP contribution in [-0.2, 0) is 43.0 Å². The third kappa shape index (κ3) is 12.9. The first-order valence-electron chi connectivity index (χ1n) is 17.0. The van der Waals surface area contributed by atoms with Gasteiger partial charge in [0.1, 0.15) is 25.1 Å². The van der Waals surface area contributed by atoms with Gasteiger partial charge in [-0.25, -0.2) is 0 Å². The van der Waals surface area contributed by atoms with Crippen molar-refractivity contribution >= 4 is 41.6 Å². The molecule has 2 aliphatic rings. The van der Waals surface area contributed by atoms with Crippen LogP contribution in [0.25, 0.3) is 0 Å². The Morgan fingerprint density at radius 3 is 1.42 bits per heavy atom. The van der Waals surface area contributed by atoms with Crippen molar-refractivity contribution in [3.8, 4) is 0 Å². The Hall–Kier alpha value is -3.63. The molecule has 4 atom stereocenters. The quantitative estimate of drug-likeness (QED) is 0.0941. The third-order valence-corrected chi connectivity index (χ3v) is 9.90. The number of esters is 2. The van der Waals surface area contributed by atoms with E-state index in [0.717, 1.165) is 12.8 Å². The van der Waals surface area contributed by atoms with Crippen molar-refractivity contribution in [2.24, 2.45) is 40.4 Å². The van der Waals surface area contributed by atoms with E-state index in [2.05, 4.69) is 5.32 Å². The second-order valence-corrected chi connectivity index (χ2v) is 14.4. The zero-order chi connectivity index (χ0) is 38.6. The van der Waals surface area contributed by atoms with Gasteiger partial charge in [0.2, 0.25) is 0 Å². The molecule has 0 radical (unpaired) electrons. The van der Waals surface area contributed by atoms with Crippen molar-refractivity contribution in [3.63, 3.8) is 0 Å². The average molecular weight is 718 g/mol. The highest BCUT2D eigenvalue weighted by molar-refractivity contribution is 5.98. The highest BCUT2D eigenvalue weighted by Crippen LogP contribution is 2.48. The molecule has 0 saturated heterocycles. The fourth-order valence-corrected chi connectivity index (χ4v) is 5.56. The summed E-state index contributed by atoms with van der Waals surface area (Å²) in [5, 5.41) is 59.4. The number of Topliss-reactive ketones (excluding diaryl/α,β-unsaturated/α-hetero) is 1. The van der Waals surface area contributed by atoms with Crippen LogP contribution in [0.15, 0.2) is 0 Å². The van der Waals surface area contributed by atoms with Crippen LogP contribution in [0.1, 0.15) is 92.9 Å². The minimum Gasteiger partial charge on any atom is -0.481 e. The molecule has 0 aliphatic heterocycles. The van der Waals surface area contributed by atoms with Crippen molar-refractivity contribution in [3.05, 3.63) is 0 Å². The van der Waals surface area contributed by atoms with E-state index in [9.17, 15) is 54.0 Å². The molecule has 0 spiro atoms. The van der Waals surface area contributed by atoms with E-state index in [4.69, 9.17) is 19.7 Å². The van der Waals surface area contributed by atoms with Gasteiger partial charge >= 0.3 is 35.8 Å². The number of ketones is 1. The van der Waals surface area contributed by atoms with Gasteiger partial charge in [-0.3, -0.25) is 33.6 Å². The molecular weight excluding hydrogens is 662 g/mol. The molecule has 7 N–H and O–H groups in total. The largest absolute Gasteiger partial charge is 0.481 e. The van der Waals surface area contributed by atoms with Crippen LogP contribution in [0.3, 0.4) is 0 Å². The Balaban J connectivity index is 0.000000515. The first-order chi connectivity index (χ1) is 23.1. The fourth-order valence-electron chi connectivity index (χ4n) is 5.56. The SMILES string of the molecule is CCC(C)(C)C(=O)OCC(O)CCC(=O)C1C(C(=O)O)C(C(=O)O)C1C(=O)O.CCC(C)(C)C(=O)OCC(O)CNC1CCC(C(=O)O)CC1. The van der Waals surface area contributed by atoms with E-state index in [-0.39, 0.29) is 44.0 Å². The summed E-state index contributed by atoms with van der Waals surface area (Å²) in [6, 6.07) is 0.230. The van der Waals surface area contributed by atoms with E-state index in [1.807, 2.05) is 20.8 Å². The lowest BCUT2D eigenvalue weighted by molar-refractivity contribution is -0.186. The molecule has 2 aliphatic carbocycles. The first-order valence-corrected chi connectivity index (χ1v) is 17.0. The molecule has 4 unspecified atom stereocenters. The molecule has 50 heavy (non-hydrogen) atoms. The number of hydrogen-bond donors (Lipinski definition) is 7. The van der Waals surface area contributed by atoms with E-state index in [0.29, 0.717) is 32.2 Å². The molecule has 0 bridgehead atoms. The van der Waals surface area contributed by atoms with Gasteiger partial charge in [0, 0.05) is 24.9 Å². The molecule has 0 aromatic heterocycles. The number of aliphatic carboxylic acids is 4. The summed E-state index contributed by atoms with van der Waals surface area (Å²) in [5.74, 6) is -13.7. The zero-order valence-corrected chi connectivity index (χ0v) is 29.8. The number of aliphatic hydroxyl groups excluding tert-OH is 2. The van der Waals surface area contributed by atoms with Gasteiger partial charge < -0.3 is 45.4 Å². The topological polar surface area (TPSA) is 271 Å². The van der Waals surface area contributed by atoms with Crippen LogP contribution in [0.4, 0.5) is 0 Å². The minimum atomic E-state index is -1.69. The number of aliphatic hydroxyl groups is 2. The summed E-state index contributed by atoms with van der Waals surface area (Å²) in [5.41, 5.74) is -1.25. The molecule has 2 saturated carbocycles. The highest BCUT2D eigenvalue weighted by atomic mass is 16.5. The van der Waals surface area contributed by atoms with E-state index in [1.165, 1.54) is 0 Å². The van der Waals surface area contributed by atoms with Crippen molar-refractivity contribution in [2.45, 2.75) is 111 Å². The smallest absolute Gasteiger partial charge is 0.311 e. The highest BCUT2D eigenvalue weighted by Gasteiger charge is 2.63. The van der Waals surface area contributed by atoms with Crippen LogP contribution in [0.5, 0.6) is 0 Å². The summed E-state index contributed by atoms with van der Waals surface area (Å²) >= 11 is 0. The zero-order valence-electron chi connectivity index (χ0n) is 29.8. The van der Waals surface area contributed by atoms with Gasteiger partial charge in [-0.2, -0.15) is 0 Å². The number of carboxylic acid groups (broad SMARTS) is 4. The maximum absolute atomic E-state index is 12.3. The standard InChI is InChI=1S/C18H26O10.C16H29NO5/c1-4-18(2,3)17(27)28-7-8(19)5-6-9(20)10-11(14(21)22)13(16(25)26)12(10)15(23)24;1-4-16(2,3)15(21)22-10-13(18)9-17-12-7-5-11(6-8-12)14(19)20/h8,10-13,19H,4-7H2,1-3H3,(H,21,22)(H,23,24)(H,25,26);11-13,17-18H,4-10H2,1-3H3,(H,19,20). The Kier molecular flexibility index (Phi) is 17.5. The Labute approximate surface area is 291 Å². The molecule has 0 amide bonds. The molecule has 16 heteroatoms. The predicted octanol–water partition coefficient (Wildman–Crippen LogP) is 1.97. The molecular formula is C34H55NO15. The molecule has 0 aromatic rings. The average Bonchev–Trinajstić information content (AvgIpc) is 3.03. The van der Waals surface area contributed by atoms with Crippen LogP contribution >= 0.6 is 0 Å². The maximum Gasteiger partial charge on any atom is 0.311 e. The normalized spacial score (nSPS) is 24.6. The fraction of sp³-hybridized carbons (Fsp3) is 0.794. The van der Waals surface area contributed by atoms with Gasteiger partial charge in [0.05, 0.1) is 40.6 Å². The minimum absolute atomic E-state index is 0.0142. The lowest BCUT2D eigenvalue weighted by Crippen LogP contribution is -2.59. The maximum atomic E-state index is 12.3. The first kappa shape index (κ1) is 44.4. The molecule has 0 heterocycles. The summed E-state index contributed by atoms with van der Waals surface area (Å²) in [7, 11) is 0. The second kappa shape index (κ2) is 19.7. The summed E-state index contributed by atoms with van der Waals surface area (Å²) in [4.78, 5) is 80.6. The molecule has 2 rings (SSSR count). The predicted molar refractivity (Wildman–Crippen MR) is 175 cm³/mol. The molecule has 286 valence electrons. The molecule has 2 fully saturated rings. The number of hydrogen-bond acceptors (Lipinski definition) is 12. The van der Waals surface area contributed by atoms with E-state index >= 15 is 0 Å². The summed E-state index contributed by atoms with van der Waals surface area (Å²) < 4.78 is 10.1.